The van der Waals surface area contributed by atoms with Crippen molar-refractivity contribution in [3.05, 3.63) is 53.0 Å². The third kappa shape index (κ3) is 3.03. The molecule has 1 saturated heterocycles. The average Bonchev–Trinajstić information content (AvgIpc) is 2.89. The first-order chi connectivity index (χ1) is 11.9. The minimum atomic E-state index is -0.794. The fraction of sp³-hybridized carbons (Fsp3) is 0.167. The van der Waals surface area contributed by atoms with Gasteiger partial charge in [-0.05, 0) is 50.3 Å². The summed E-state index contributed by atoms with van der Waals surface area (Å²) in [5.41, 5.74) is 0.807. The van der Waals surface area contributed by atoms with Crippen molar-refractivity contribution in [1.29, 1.82) is 0 Å². The van der Waals surface area contributed by atoms with E-state index in [4.69, 9.17) is 9.15 Å². The summed E-state index contributed by atoms with van der Waals surface area (Å²) in [4.78, 5) is 37.9. The number of methoxy groups -OCH3 is 1. The molecule has 128 valence electrons. The Bertz CT molecular complexity index is 893. The lowest BCUT2D eigenvalue weighted by molar-refractivity contribution is -0.122. The van der Waals surface area contributed by atoms with Gasteiger partial charge in [0.1, 0.15) is 22.8 Å². The largest absolute Gasteiger partial charge is 0.497 e. The van der Waals surface area contributed by atoms with Crippen LogP contribution in [-0.2, 0) is 9.59 Å². The number of imide groups is 2. The molecule has 7 heteroatoms. The first-order valence-electron chi connectivity index (χ1n) is 7.53. The van der Waals surface area contributed by atoms with Crippen LogP contribution in [0.4, 0.5) is 10.5 Å². The predicted octanol–water partition coefficient (Wildman–Crippen LogP) is 2.57. The Hall–Kier alpha value is -3.35. The number of carbonyl (C=O) groups is 3. The first kappa shape index (κ1) is 16.5. The van der Waals surface area contributed by atoms with Gasteiger partial charge >= 0.3 is 6.03 Å². The molecule has 1 aromatic heterocycles. The lowest BCUT2D eigenvalue weighted by Crippen LogP contribution is -2.54. The fourth-order valence-electron chi connectivity index (χ4n) is 2.57. The van der Waals surface area contributed by atoms with Gasteiger partial charge < -0.3 is 9.15 Å². The Morgan fingerprint density at radius 2 is 1.80 bits per heavy atom. The fourth-order valence-corrected chi connectivity index (χ4v) is 2.57. The number of hydrogen-bond acceptors (Lipinski definition) is 5. The maximum absolute atomic E-state index is 12.7. The number of benzene rings is 1. The molecule has 0 unspecified atom stereocenters. The molecule has 0 atom stereocenters. The van der Waals surface area contributed by atoms with Crippen molar-refractivity contribution in [2.75, 3.05) is 12.0 Å². The van der Waals surface area contributed by atoms with Crippen molar-refractivity contribution < 1.29 is 23.5 Å². The summed E-state index contributed by atoms with van der Waals surface area (Å²) >= 11 is 0. The molecule has 1 aromatic carbocycles. The predicted molar refractivity (Wildman–Crippen MR) is 90.2 cm³/mol. The van der Waals surface area contributed by atoms with Crippen LogP contribution in [0.25, 0.3) is 6.08 Å². The van der Waals surface area contributed by atoms with Gasteiger partial charge in [0.15, 0.2) is 0 Å². The highest BCUT2D eigenvalue weighted by Crippen LogP contribution is 2.25. The third-order valence-corrected chi connectivity index (χ3v) is 3.81. The maximum atomic E-state index is 12.7. The minimum absolute atomic E-state index is 0.140. The summed E-state index contributed by atoms with van der Waals surface area (Å²) in [5.74, 6) is 0.398. The molecule has 0 saturated carbocycles. The van der Waals surface area contributed by atoms with Crippen molar-refractivity contribution in [2.24, 2.45) is 0 Å². The summed E-state index contributed by atoms with van der Waals surface area (Å²) < 4.78 is 10.5. The van der Waals surface area contributed by atoms with E-state index in [2.05, 4.69) is 5.32 Å². The molecule has 1 aliphatic rings. The number of carbonyl (C=O) groups excluding carboxylic acids is 3. The second-order valence-electron chi connectivity index (χ2n) is 5.52. The van der Waals surface area contributed by atoms with Gasteiger partial charge in [0.05, 0.1) is 12.8 Å². The number of hydrogen-bond donors (Lipinski definition) is 1. The number of barbiturate groups is 1. The monoisotopic (exact) mass is 340 g/mol. The zero-order valence-electron chi connectivity index (χ0n) is 14.0. The van der Waals surface area contributed by atoms with E-state index >= 15 is 0 Å². The maximum Gasteiger partial charge on any atom is 0.335 e. The average molecular weight is 340 g/mol. The van der Waals surface area contributed by atoms with Gasteiger partial charge in [-0.2, -0.15) is 0 Å². The number of rotatable bonds is 3. The summed E-state index contributed by atoms with van der Waals surface area (Å²) in [5, 5.41) is 2.18. The molecule has 2 aromatic rings. The molecule has 1 N–H and O–H groups in total. The van der Waals surface area contributed by atoms with Gasteiger partial charge in [0.2, 0.25) is 0 Å². The first-order valence-corrected chi connectivity index (χ1v) is 7.53. The zero-order valence-corrected chi connectivity index (χ0v) is 14.0. The molecule has 0 spiro atoms. The molecule has 0 radical (unpaired) electrons. The van der Waals surface area contributed by atoms with E-state index in [1.807, 2.05) is 0 Å². The molecular formula is C18H16N2O5. The molecule has 25 heavy (non-hydrogen) atoms. The van der Waals surface area contributed by atoms with Crippen LogP contribution < -0.4 is 15.0 Å². The van der Waals surface area contributed by atoms with Crippen LogP contribution in [0.3, 0.4) is 0 Å². The van der Waals surface area contributed by atoms with Gasteiger partial charge in [-0.3, -0.25) is 14.9 Å². The van der Waals surface area contributed by atoms with Crippen LogP contribution in [0.15, 0.2) is 40.3 Å². The quantitative estimate of drug-likeness (QED) is 0.685. The van der Waals surface area contributed by atoms with Gasteiger partial charge in [-0.25, -0.2) is 9.69 Å². The number of furan rings is 1. The highest BCUT2D eigenvalue weighted by Gasteiger charge is 2.37. The molecule has 2 heterocycles. The Balaban J connectivity index is 2.00. The number of nitrogens with one attached hydrogen (secondary N) is 1. The SMILES string of the molecule is COc1ccc(N2C(=O)NC(=O)/C(=C\c3cc(C)oc3C)C2=O)cc1. The lowest BCUT2D eigenvalue weighted by Gasteiger charge is -2.26. The van der Waals surface area contributed by atoms with Crippen LogP contribution >= 0.6 is 0 Å². The number of aryl methyl sites for hydroxylation is 2. The van der Waals surface area contributed by atoms with Gasteiger partial charge in [-0.1, -0.05) is 0 Å². The molecule has 0 bridgehead atoms. The van der Waals surface area contributed by atoms with Crippen molar-refractivity contribution in [3.8, 4) is 5.75 Å². The van der Waals surface area contributed by atoms with Crippen LogP contribution in [0.1, 0.15) is 17.1 Å². The topological polar surface area (TPSA) is 88.8 Å². The molecular weight excluding hydrogens is 324 g/mol. The Labute approximate surface area is 143 Å². The van der Waals surface area contributed by atoms with E-state index < -0.39 is 17.8 Å². The Morgan fingerprint density at radius 3 is 2.36 bits per heavy atom. The molecule has 1 fully saturated rings. The zero-order chi connectivity index (χ0) is 18.1. The van der Waals surface area contributed by atoms with E-state index in [1.54, 1.807) is 44.2 Å². The van der Waals surface area contributed by atoms with E-state index in [9.17, 15) is 14.4 Å². The number of ether oxygens (including phenoxy) is 1. The van der Waals surface area contributed by atoms with Gasteiger partial charge in [0.25, 0.3) is 11.8 Å². The van der Waals surface area contributed by atoms with E-state index in [1.165, 1.54) is 13.2 Å². The summed E-state index contributed by atoms with van der Waals surface area (Å²) in [7, 11) is 1.52. The van der Waals surface area contributed by atoms with Gasteiger partial charge in [0, 0.05) is 5.56 Å². The number of urea groups is 1. The standard InChI is InChI=1S/C18H16N2O5/c1-10-8-12(11(2)25-10)9-15-16(21)19-18(23)20(17(15)22)13-4-6-14(24-3)7-5-13/h4-9H,1-3H3,(H,19,21,23)/b15-9+. The summed E-state index contributed by atoms with van der Waals surface area (Å²) in [6.07, 6.45) is 1.42. The van der Waals surface area contributed by atoms with Crippen molar-refractivity contribution in [3.63, 3.8) is 0 Å². The number of amides is 4. The molecule has 7 nitrogen and oxygen atoms in total. The Kier molecular flexibility index (Phi) is 4.14. The van der Waals surface area contributed by atoms with E-state index in [0.717, 1.165) is 4.90 Å². The summed E-state index contributed by atoms with van der Waals surface area (Å²) in [6.45, 7) is 3.50. The highest BCUT2D eigenvalue weighted by molar-refractivity contribution is 6.39. The molecule has 0 aliphatic carbocycles. The van der Waals surface area contributed by atoms with E-state index in [-0.39, 0.29) is 5.57 Å². The molecule has 3 rings (SSSR count). The highest BCUT2D eigenvalue weighted by atomic mass is 16.5. The summed E-state index contributed by atoms with van der Waals surface area (Å²) in [6, 6.07) is 7.31. The Morgan fingerprint density at radius 1 is 1.12 bits per heavy atom. The van der Waals surface area contributed by atoms with Crippen molar-refractivity contribution in [2.45, 2.75) is 13.8 Å². The van der Waals surface area contributed by atoms with Gasteiger partial charge in [-0.15, -0.1) is 0 Å². The smallest absolute Gasteiger partial charge is 0.335 e. The van der Waals surface area contributed by atoms with Crippen LogP contribution in [0.2, 0.25) is 0 Å². The second-order valence-corrected chi connectivity index (χ2v) is 5.52. The molecule has 4 amide bonds. The molecule has 1 aliphatic heterocycles. The second kappa shape index (κ2) is 6.27. The van der Waals surface area contributed by atoms with Crippen molar-refractivity contribution >= 4 is 29.6 Å². The van der Waals surface area contributed by atoms with Crippen LogP contribution in [0, 0.1) is 13.8 Å². The van der Waals surface area contributed by atoms with Crippen LogP contribution in [-0.4, -0.2) is 25.0 Å². The number of anilines is 1. The van der Waals surface area contributed by atoms with Crippen LogP contribution in [0.5, 0.6) is 5.75 Å². The lowest BCUT2D eigenvalue weighted by atomic mass is 10.1. The third-order valence-electron chi connectivity index (χ3n) is 3.81. The normalized spacial score (nSPS) is 16.4. The number of nitrogens with zero attached hydrogens (tertiary/aromatic N) is 1. The van der Waals surface area contributed by atoms with E-state index in [0.29, 0.717) is 28.5 Å². The minimum Gasteiger partial charge on any atom is -0.497 e. The van der Waals surface area contributed by atoms with Crippen molar-refractivity contribution in [1.82, 2.24) is 5.32 Å².